The fraction of sp³-hybridized carbons (Fsp3) is 0.250. The second-order valence-corrected chi connectivity index (χ2v) is 4.02. The number of hydrogen-bond acceptors (Lipinski definition) is 3. The van der Waals surface area contributed by atoms with Gasteiger partial charge in [-0.05, 0) is 24.1 Å². The molecule has 0 bridgehead atoms. The van der Waals surface area contributed by atoms with E-state index in [1.54, 1.807) is 12.1 Å². The lowest BCUT2D eigenvalue weighted by Crippen LogP contribution is -2.14. The number of hydrogen-bond donors (Lipinski definition) is 2. The molecule has 0 saturated carbocycles. The molecule has 0 aliphatic heterocycles. The second kappa shape index (κ2) is 5.32. The maximum atomic E-state index is 12.4. The Kier molecular flexibility index (Phi) is 3.73. The number of pyridine rings is 1. The van der Waals surface area contributed by atoms with Gasteiger partial charge in [0.25, 0.3) is 5.91 Å². The normalized spacial score (nSPS) is 11.4. The first-order valence-electron chi connectivity index (χ1n) is 5.79. The first-order chi connectivity index (χ1) is 9.40. The number of alkyl halides is 3. The average Bonchev–Trinajstić information content (AvgIpc) is 2.87. The van der Waals surface area contributed by atoms with Crippen LogP contribution in [0.5, 0.6) is 0 Å². The third kappa shape index (κ3) is 3.14. The molecule has 20 heavy (non-hydrogen) atoms. The lowest BCUT2D eigenvalue weighted by Gasteiger charge is -2.03. The largest absolute Gasteiger partial charge is 0.432 e. The molecule has 5 nitrogen and oxygen atoms in total. The average molecular weight is 284 g/mol. The van der Waals surface area contributed by atoms with Crippen molar-refractivity contribution in [2.45, 2.75) is 19.5 Å². The number of carbonyl (C=O) groups excluding carboxylic acids is 1. The molecular weight excluding hydrogens is 273 g/mol. The minimum atomic E-state index is -4.53. The van der Waals surface area contributed by atoms with Crippen LogP contribution in [0.15, 0.2) is 24.4 Å². The Morgan fingerprint density at radius 3 is 2.75 bits per heavy atom. The van der Waals surface area contributed by atoms with Crippen LogP contribution in [0.4, 0.5) is 19.0 Å². The van der Waals surface area contributed by atoms with Crippen molar-refractivity contribution in [1.29, 1.82) is 0 Å². The van der Waals surface area contributed by atoms with Crippen molar-refractivity contribution in [2.75, 3.05) is 5.32 Å². The highest BCUT2D eigenvalue weighted by Gasteiger charge is 2.33. The molecule has 0 fully saturated rings. The number of anilines is 1. The van der Waals surface area contributed by atoms with Gasteiger partial charge in [0.15, 0.2) is 5.82 Å². The van der Waals surface area contributed by atoms with Gasteiger partial charge in [-0.2, -0.15) is 18.3 Å². The number of H-pyrrole nitrogens is 1. The van der Waals surface area contributed by atoms with Crippen molar-refractivity contribution >= 4 is 11.7 Å². The van der Waals surface area contributed by atoms with Crippen molar-refractivity contribution in [3.8, 4) is 0 Å². The monoisotopic (exact) mass is 284 g/mol. The van der Waals surface area contributed by atoms with Crippen molar-refractivity contribution in [2.24, 2.45) is 0 Å². The van der Waals surface area contributed by atoms with Gasteiger partial charge in [-0.3, -0.25) is 14.9 Å². The summed E-state index contributed by atoms with van der Waals surface area (Å²) in [5.74, 6) is -0.813. The first-order valence-corrected chi connectivity index (χ1v) is 5.79. The number of aromatic amines is 1. The molecule has 0 unspecified atom stereocenters. The predicted octanol–water partition coefficient (Wildman–Crippen LogP) is 2.64. The molecule has 2 aromatic rings. The Labute approximate surface area is 112 Å². The van der Waals surface area contributed by atoms with Gasteiger partial charge in [-0.25, -0.2) is 0 Å². The fourth-order valence-electron chi connectivity index (χ4n) is 1.53. The first kappa shape index (κ1) is 14.0. The van der Waals surface area contributed by atoms with Crippen LogP contribution in [0.3, 0.4) is 0 Å². The maximum Gasteiger partial charge on any atom is 0.432 e. The summed E-state index contributed by atoms with van der Waals surface area (Å²) in [6.07, 6.45) is -2.33. The van der Waals surface area contributed by atoms with Crippen molar-refractivity contribution in [3.05, 3.63) is 41.3 Å². The number of amides is 1. The van der Waals surface area contributed by atoms with Crippen molar-refractivity contribution in [1.82, 2.24) is 15.2 Å². The third-order valence-electron chi connectivity index (χ3n) is 2.59. The van der Waals surface area contributed by atoms with Crippen molar-refractivity contribution in [3.63, 3.8) is 0 Å². The minimum Gasteiger partial charge on any atom is -0.304 e. The Morgan fingerprint density at radius 1 is 1.40 bits per heavy atom. The van der Waals surface area contributed by atoms with Gasteiger partial charge in [0.05, 0.1) is 0 Å². The Morgan fingerprint density at radius 2 is 2.15 bits per heavy atom. The van der Waals surface area contributed by atoms with E-state index in [1.165, 1.54) is 6.20 Å². The van der Waals surface area contributed by atoms with Crippen LogP contribution >= 0.6 is 0 Å². The third-order valence-corrected chi connectivity index (χ3v) is 2.59. The standard InChI is InChI=1S/C12H11F3N4O/c1-2-7-3-4-16-8(5-7)11(20)17-10-6-9(18-19-10)12(13,14)15/h3-6H,2H2,1H3,(H2,17,18,19,20). The summed E-state index contributed by atoms with van der Waals surface area (Å²) >= 11 is 0. The van der Waals surface area contributed by atoms with Crippen LogP contribution < -0.4 is 5.32 Å². The highest BCUT2D eigenvalue weighted by molar-refractivity contribution is 6.02. The van der Waals surface area contributed by atoms with E-state index in [1.807, 2.05) is 12.0 Å². The lowest BCUT2D eigenvalue weighted by molar-refractivity contribution is -0.141. The van der Waals surface area contributed by atoms with E-state index in [0.29, 0.717) is 0 Å². The maximum absolute atomic E-state index is 12.4. The van der Waals surface area contributed by atoms with E-state index in [2.05, 4.69) is 15.4 Å². The Bertz CT molecular complexity index is 621. The number of nitrogens with zero attached hydrogens (tertiary/aromatic N) is 2. The van der Waals surface area contributed by atoms with E-state index in [9.17, 15) is 18.0 Å². The summed E-state index contributed by atoms with van der Waals surface area (Å²) < 4.78 is 37.1. The molecule has 0 atom stereocenters. The molecule has 0 radical (unpaired) electrons. The van der Waals surface area contributed by atoms with E-state index in [-0.39, 0.29) is 11.5 Å². The van der Waals surface area contributed by atoms with Crippen LogP contribution in [0.1, 0.15) is 28.7 Å². The van der Waals surface area contributed by atoms with E-state index >= 15 is 0 Å². The molecule has 0 saturated heterocycles. The zero-order chi connectivity index (χ0) is 14.8. The molecule has 2 aromatic heterocycles. The molecule has 1 amide bonds. The van der Waals surface area contributed by atoms with E-state index < -0.39 is 17.8 Å². The zero-order valence-corrected chi connectivity index (χ0v) is 10.5. The molecule has 2 N–H and O–H groups in total. The summed E-state index contributed by atoms with van der Waals surface area (Å²) in [6, 6.07) is 4.06. The highest BCUT2D eigenvalue weighted by Crippen LogP contribution is 2.28. The summed E-state index contributed by atoms with van der Waals surface area (Å²) in [5.41, 5.74) is 0.00661. The number of nitrogens with one attached hydrogen (secondary N) is 2. The molecule has 2 heterocycles. The zero-order valence-electron chi connectivity index (χ0n) is 10.5. The van der Waals surface area contributed by atoms with Gasteiger partial charge in [0, 0.05) is 12.3 Å². The van der Waals surface area contributed by atoms with Crippen LogP contribution in [-0.2, 0) is 12.6 Å². The molecule has 106 valence electrons. The SMILES string of the molecule is CCc1ccnc(C(=O)Nc2cc(C(F)(F)F)[nH]n2)c1. The summed E-state index contributed by atoms with van der Waals surface area (Å²) in [4.78, 5) is 15.7. The molecule has 0 aliphatic rings. The molecule has 2 rings (SSSR count). The van der Waals surface area contributed by atoms with Gasteiger partial charge in [-0.1, -0.05) is 6.92 Å². The van der Waals surface area contributed by atoms with E-state index in [0.717, 1.165) is 18.1 Å². The lowest BCUT2D eigenvalue weighted by atomic mass is 10.2. The topological polar surface area (TPSA) is 70.7 Å². The molecule has 0 aromatic carbocycles. The summed E-state index contributed by atoms with van der Waals surface area (Å²) in [7, 11) is 0. The molecular formula is C12H11F3N4O. The number of carbonyl (C=O) groups is 1. The molecule has 8 heteroatoms. The highest BCUT2D eigenvalue weighted by atomic mass is 19.4. The quantitative estimate of drug-likeness (QED) is 0.910. The van der Waals surface area contributed by atoms with Crippen LogP contribution in [0.2, 0.25) is 0 Å². The molecule has 0 spiro atoms. The predicted molar refractivity (Wildman–Crippen MR) is 65.2 cm³/mol. The van der Waals surface area contributed by atoms with Crippen LogP contribution in [-0.4, -0.2) is 21.1 Å². The van der Waals surface area contributed by atoms with Gasteiger partial charge in [0.2, 0.25) is 0 Å². The Balaban J connectivity index is 2.13. The summed E-state index contributed by atoms with van der Waals surface area (Å²) in [6.45, 7) is 1.92. The smallest absolute Gasteiger partial charge is 0.304 e. The number of rotatable bonds is 3. The van der Waals surface area contributed by atoms with Gasteiger partial charge >= 0.3 is 6.18 Å². The number of aromatic nitrogens is 3. The van der Waals surface area contributed by atoms with Crippen molar-refractivity contribution < 1.29 is 18.0 Å². The van der Waals surface area contributed by atoms with Gasteiger partial charge in [-0.15, -0.1) is 0 Å². The van der Waals surface area contributed by atoms with Gasteiger partial charge < -0.3 is 5.32 Å². The van der Waals surface area contributed by atoms with Gasteiger partial charge in [0.1, 0.15) is 11.4 Å². The van der Waals surface area contributed by atoms with Crippen LogP contribution in [0, 0.1) is 0 Å². The number of aryl methyl sites for hydroxylation is 1. The minimum absolute atomic E-state index is 0.126. The fourth-order valence-corrected chi connectivity index (χ4v) is 1.53. The van der Waals surface area contributed by atoms with Crippen LogP contribution in [0.25, 0.3) is 0 Å². The summed E-state index contributed by atoms with van der Waals surface area (Å²) in [5, 5.41) is 7.46. The number of halogens is 3. The van der Waals surface area contributed by atoms with E-state index in [4.69, 9.17) is 0 Å². The Hall–Kier alpha value is -2.38. The second-order valence-electron chi connectivity index (χ2n) is 4.02. The molecule has 0 aliphatic carbocycles.